The van der Waals surface area contributed by atoms with Gasteiger partial charge in [0.2, 0.25) is 0 Å². The first kappa shape index (κ1) is 10.1. The summed E-state index contributed by atoms with van der Waals surface area (Å²) in [6.07, 6.45) is 2.62. The number of nitrogens with zero attached hydrogens (tertiary/aromatic N) is 1. The maximum Gasteiger partial charge on any atom is 0.176 e. The van der Waals surface area contributed by atoms with Crippen molar-refractivity contribution in [3.8, 4) is 0 Å². The topological polar surface area (TPSA) is 51.0 Å². The molecule has 1 N–H and O–H groups in total. The lowest BCUT2D eigenvalue weighted by atomic mass is 10.3. The zero-order valence-electron chi connectivity index (χ0n) is 6.94. The SMILES string of the molecule is COC(C=C(C)C=NO)OC. The molecule has 0 aliphatic heterocycles. The molecule has 64 valence electrons. The normalized spacial score (nSPS) is 13.3. The highest BCUT2D eigenvalue weighted by Gasteiger charge is 1.98. The van der Waals surface area contributed by atoms with E-state index in [0.717, 1.165) is 5.57 Å². The van der Waals surface area contributed by atoms with Crippen LogP contribution < -0.4 is 0 Å². The molecule has 0 rings (SSSR count). The molecule has 0 aromatic rings. The highest BCUT2D eigenvalue weighted by atomic mass is 16.7. The second-order valence-corrected chi connectivity index (χ2v) is 2.00. The fourth-order valence-electron chi connectivity index (χ4n) is 0.581. The van der Waals surface area contributed by atoms with Gasteiger partial charge in [0.25, 0.3) is 0 Å². The van der Waals surface area contributed by atoms with Gasteiger partial charge in [0.1, 0.15) is 0 Å². The molecule has 0 aliphatic rings. The monoisotopic (exact) mass is 159 g/mol. The molecule has 0 radical (unpaired) electrons. The molecule has 0 aliphatic carbocycles. The van der Waals surface area contributed by atoms with Crippen molar-refractivity contribution in [2.75, 3.05) is 14.2 Å². The molecule has 0 heterocycles. The lowest BCUT2D eigenvalue weighted by Crippen LogP contribution is -2.09. The van der Waals surface area contributed by atoms with E-state index in [2.05, 4.69) is 5.16 Å². The quantitative estimate of drug-likeness (QED) is 0.288. The van der Waals surface area contributed by atoms with Gasteiger partial charge in [0, 0.05) is 14.2 Å². The van der Waals surface area contributed by atoms with Crippen LogP contribution in [0, 0.1) is 0 Å². The third-order valence-corrected chi connectivity index (χ3v) is 1.12. The van der Waals surface area contributed by atoms with Crippen LogP contribution in [0.5, 0.6) is 0 Å². The Morgan fingerprint density at radius 3 is 2.36 bits per heavy atom. The highest BCUT2D eigenvalue weighted by Crippen LogP contribution is 1.97. The van der Waals surface area contributed by atoms with Crippen LogP contribution >= 0.6 is 0 Å². The minimum Gasteiger partial charge on any atom is -0.411 e. The van der Waals surface area contributed by atoms with Crippen molar-refractivity contribution in [1.29, 1.82) is 0 Å². The summed E-state index contributed by atoms with van der Waals surface area (Å²) >= 11 is 0. The van der Waals surface area contributed by atoms with Crippen molar-refractivity contribution >= 4 is 6.21 Å². The molecular formula is C7H13NO3. The number of methoxy groups -OCH3 is 2. The molecule has 0 aromatic heterocycles. The fraction of sp³-hybridized carbons (Fsp3) is 0.571. The largest absolute Gasteiger partial charge is 0.411 e. The first-order valence-corrected chi connectivity index (χ1v) is 3.16. The number of rotatable bonds is 4. The summed E-state index contributed by atoms with van der Waals surface area (Å²) in [6.45, 7) is 1.78. The second-order valence-electron chi connectivity index (χ2n) is 2.00. The Morgan fingerprint density at radius 2 is 2.00 bits per heavy atom. The summed E-state index contributed by atoms with van der Waals surface area (Å²) in [6, 6.07) is 0. The van der Waals surface area contributed by atoms with Gasteiger partial charge in [0.05, 0.1) is 6.21 Å². The summed E-state index contributed by atoms with van der Waals surface area (Å²) in [5, 5.41) is 11.0. The minimum absolute atomic E-state index is 0.381. The highest BCUT2D eigenvalue weighted by molar-refractivity contribution is 5.76. The Morgan fingerprint density at radius 1 is 1.45 bits per heavy atom. The van der Waals surface area contributed by atoms with Gasteiger partial charge >= 0.3 is 0 Å². The smallest absolute Gasteiger partial charge is 0.176 e. The van der Waals surface area contributed by atoms with E-state index in [1.54, 1.807) is 13.0 Å². The molecule has 0 fully saturated rings. The van der Waals surface area contributed by atoms with Gasteiger partial charge in [-0.25, -0.2) is 0 Å². The first-order valence-electron chi connectivity index (χ1n) is 3.16. The van der Waals surface area contributed by atoms with Crippen molar-refractivity contribution in [2.45, 2.75) is 13.2 Å². The maximum absolute atomic E-state index is 8.14. The molecular weight excluding hydrogens is 146 g/mol. The average molecular weight is 159 g/mol. The van der Waals surface area contributed by atoms with E-state index in [1.165, 1.54) is 20.4 Å². The zero-order chi connectivity index (χ0) is 8.69. The lowest BCUT2D eigenvalue weighted by Gasteiger charge is -2.07. The molecule has 4 nitrogen and oxygen atoms in total. The van der Waals surface area contributed by atoms with Gasteiger partial charge in [-0.05, 0) is 18.6 Å². The van der Waals surface area contributed by atoms with E-state index in [9.17, 15) is 0 Å². The predicted octanol–water partition coefficient (Wildman–Crippen LogP) is 1.01. The lowest BCUT2D eigenvalue weighted by molar-refractivity contribution is -0.0668. The molecule has 0 aromatic carbocycles. The minimum atomic E-state index is -0.381. The number of oxime groups is 1. The van der Waals surface area contributed by atoms with Gasteiger partial charge in [0.15, 0.2) is 6.29 Å². The maximum atomic E-state index is 8.14. The van der Waals surface area contributed by atoms with Crippen LogP contribution in [0.3, 0.4) is 0 Å². The number of hydrogen-bond donors (Lipinski definition) is 1. The van der Waals surface area contributed by atoms with Crippen molar-refractivity contribution in [3.05, 3.63) is 11.6 Å². The van der Waals surface area contributed by atoms with Crippen molar-refractivity contribution in [2.24, 2.45) is 5.16 Å². The van der Waals surface area contributed by atoms with Gasteiger partial charge in [-0.2, -0.15) is 0 Å². The predicted molar refractivity (Wildman–Crippen MR) is 41.8 cm³/mol. The van der Waals surface area contributed by atoms with E-state index in [4.69, 9.17) is 14.7 Å². The molecule has 0 saturated carbocycles. The van der Waals surface area contributed by atoms with Crippen LogP contribution in [0.15, 0.2) is 16.8 Å². The van der Waals surface area contributed by atoms with Crippen molar-refractivity contribution in [3.63, 3.8) is 0 Å². The molecule has 11 heavy (non-hydrogen) atoms. The van der Waals surface area contributed by atoms with Gasteiger partial charge in [-0.15, -0.1) is 0 Å². The summed E-state index contributed by atoms with van der Waals surface area (Å²) in [7, 11) is 3.07. The van der Waals surface area contributed by atoms with E-state index >= 15 is 0 Å². The summed E-state index contributed by atoms with van der Waals surface area (Å²) < 4.78 is 9.75. The Balaban J connectivity index is 4.02. The summed E-state index contributed by atoms with van der Waals surface area (Å²) in [4.78, 5) is 0. The Hall–Kier alpha value is -0.870. The molecule has 0 bridgehead atoms. The molecule has 4 heteroatoms. The number of hydrogen-bond acceptors (Lipinski definition) is 4. The second kappa shape index (κ2) is 5.88. The average Bonchev–Trinajstić information content (AvgIpc) is 2.01. The van der Waals surface area contributed by atoms with Crippen LogP contribution in [-0.4, -0.2) is 31.9 Å². The van der Waals surface area contributed by atoms with Crippen LogP contribution in [-0.2, 0) is 9.47 Å². The molecule has 0 unspecified atom stereocenters. The molecule has 0 saturated heterocycles. The van der Waals surface area contributed by atoms with Crippen LogP contribution in [0.1, 0.15) is 6.92 Å². The van der Waals surface area contributed by atoms with E-state index in [1.807, 2.05) is 0 Å². The Labute approximate surface area is 66.1 Å². The van der Waals surface area contributed by atoms with Crippen molar-refractivity contribution < 1.29 is 14.7 Å². The van der Waals surface area contributed by atoms with Crippen LogP contribution in [0.2, 0.25) is 0 Å². The molecule has 0 spiro atoms. The van der Waals surface area contributed by atoms with Gasteiger partial charge in [-0.3, -0.25) is 0 Å². The van der Waals surface area contributed by atoms with Crippen molar-refractivity contribution in [1.82, 2.24) is 0 Å². The van der Waals surface area contributed by atoms with E-state index < -0.39 is 0 Å². The Bertz CT molecular complexity index is 150. The Kier molecular flexibility index (Phi) is 5.42. The molecule has 0 amide bonds. The van der Waals surface area contributed by atoms with Gasteiger partial charge < -0.3 is 14.7 Å². The first-order chi connectivity index (χ1) is 5.24. The summed E-state index contributed by atoms with van der Waals surface area (Å²) in [5.74, 6) is 0. The van der Waals surface area contributed by atoms with E-state index in [-0.39, 0.29) is 6.29 Å². The number of allylic oxidation sites excluding steroid dienone is 1. The third-order valence-electron chi connectivity index (χ3n) is 1.12. The summed E-state index contributed by atoms with van der Waals surface area (Å²) in [5.41, 5.74) is 0.779. The standard InChI is InChI=1S/C7H13NO3/c1-6(5-8-9)4-7(10-2)11-3/h4-5,7,9H,1-3H3. The third kappa shape index (κ3) is 4.52. The van der Waals surface area contributed by atoms with Crippen LogP contribution in [0.4, 0.5) is 0 Å². The van der Waals surface area contributed by atoms with E-state index in [0.29, 0.717) is 0 Å². The number of ether oxygens (including phenoxy) is 2. The van der Waals surface area contributed by atoms with Crippen LogP contribution in [0.25, 0.3) is 0 Å². The zero-order valence-corrected chi connectivity index (χ0v) is 6.94. The van der Waals surface area contributed by atoms with Gasteiger partial charge in [-0.1, -0.05) is 5.16 Å². The fourth-order valence-corrected chi connectivity index (χ4v) is 0.581. The molecule has 0 atom stereocenters.